The molecular weight excluding hydrogens is 304 g/mol. The number of rotatable bonds is 4. The zero-order chi connectivity index (χ0) is 17.2. The molecule has 3 heterocycles. The van der Waals surface area contributed by atoms with Crippen LogP contribution in [0, 0.1) is 0 Å². The molecule has 1 saturated heterocycles. The molecule has 1 fully saturated rings. The summed E-state index contributed by atoms with van der Waals surface area (Å²) in [6.45, 7) is 8.99. The third-order valence-electron chi connectivity index (χ3n) is 4.46. The maximum atomic E-state index is 11.9. The lowest BCUT2D eigenvalue weighted by molar-refractivity contribution is 0.417. The molecule has 2 aromatic rings. The van der Waals surface area contributed by atoms with E-state index >= 15 is 0 Å². The molecule has 0 radical (unpaired) electrons. The van der Waals surface area contributed by atoms with Crippen molar-refractivity contribution in [3.05, 3.63) is 40.2 Å². The van der Waals surface area contributed by atoms with Gasteiger partial charge in [-0.25, -0.2) is 4.98 Å². The van der Waals surface area contributed by atoms with E-state index in [2.05, 4.69) is 51.2 Å². The Morgan fingerprint density at radius 1 is 1.42 bits per heavy atom. The maximum Gasteiger partial charge on any atom is 0.290 e. The third kappa shape index (κ3) is 3.67. The van der Waals surface area contributed by atoms with E-state index in [-0.39, 0.29) is 11.0 Å². The standard InChI is InChI=1S/C17H26N6O/c1-17(2,3)14-12(10-21-22-14)9-20-13-5-4-8-23(11-13)15-16(24)19-7-6-18-15/h6-7,10,13,20H,4-5,8-9,11H2,1-3H3,(H,19,24)(H,21,22)/t13-/m0/s1. The second kappa shape index (κ2) is 6.76. The van der Waals surface area contributed by atoms with Crippen LogP contribution in [0.4, 0.5) is 5.82 Å². The Kier molecular flexibility index (Phi) is 4.71. The monoisotopic (exact) mass is 330 g/mol. The topological polar surface area (TPSA) is 89.7 Å². The molecule has 3 rings (SSSR count). The Morgan fingerprint density at radius 2 is 2.25 bits per heavy atom. The van der Waals surface area contributed by atoms with Crippen LogP contribution >= 0.6 is 0 Å². The lowest BCUT2D eigenvalue weighted by Crippen LogP contribution is -2.47. The smallest absolute Gasteiger partial charge is 0.290 e. The van der Waals surface area contributed by atoms with E-state index in [1.54, 1.807) is 12.4 Å². The second-order valence-electron chi connectivity index (χ2n) is 7.43. The summed E-state index contributed by atoms with van der Waals surface area (Å²) in [5.41, 5.74) is 2.30. The van der Waals surface area contributed by atoms with Crippen molar-refractivity contribution in [2.24, 2.45) is 0 Å². The quantitative estimate of drug-likeness (QED) is 0.791. The van der Waals surface area contributed by atoms with E-state index < -0.39 is 0 Å². The third-order valence-corrected chi connectivity index (χ3v) is 4.46. The van der Waals surface area contributed by atoms with Crippen molar-refractivity contribution in [1.29, 1.82) is 0 Å². The Morgan fingerprint density at radius 3 is 3.00 bits per heavy atom. The highest BCUT2D eigenvalue weighted by Gasteiger charge is 2.24. The summed E-state index contributed by atoms with van der Waals surface area (Å²) in [6.07, 6.45) is 7.25. The number of aromatic nitrogens is 4. The van der Waals surface area contributed by atoms with E-state index in [0.29, 0.717) is 11.9 Å². The Labute approximate surface area is 141 Å². The summed E-state index contributed by atoms with van der Waals surface area (Å²) in [5.74, 6) is 0.516. The van der Waals surface area contributed by atoms with Gasteiger partial charge >= 0.3 is 0 Å². The first-order chi connectivity index (χ1) is 11.4. The number of H-pyrrole nitrogens is 2. The molecule has 7 nitrogen and oxygen atoms in total. The Hall–Kier alpha value is -2.15. The van der Waals surface area contributed by atoms with Gasteiger partial charge in [-0.3, -0.25) is 9.89 Å². The maximum absolute atomic E-state index is 11.9. The molecule has 3 N–H and O–H groups in total. The summed E-state index contributed by atoms with van der Waals surface area (Å²) < 4.78 is 0. The first-order valence-corrected chi connectivity index (χ1v) is 8.50. The highest BCUT2D eigenvalue weighted by Crippen LogP contribution is 2.23. The molecule has 0 unspecified atom stereocenters. The van der Waals surface area contributed by atoms with Crippen LogP contribution in [0.15, 0.2) is 23.4 Å². The fourth-order valence-corrected chi connectivity index (χ4v) is 3.25. The average Bonchev–Trinajstić information content (AvgIpc) is 3.02. The fourth-order valence-electron chi connectivity index (χ4n) is 3.25. The summed E-state index contributed by atoms with van der Waals surface area (Å²) >= 11 is 0. The minimum absolute atomic E-state index is 0.0490. The largest absolute Gasteiger partial charge is 0.350 e. The number of nitrogens with zero attached hydrogens (tertiary/aromatic N) is 3. The van der Waals surface area contributed by atoms with Gasteiger partial charge in [-0.15, -0.1) is 0 Å². The van der Waals surface area contributed by atoms with Gasteiger partial charge in [-0.2, -0.15) is 5.10 Å². The van der Waals surface area contributed by atoms with Crippen molar-refractivity contribution in [2.75, 3.05) is 18.0 Å². The molecule has 2 aromatic heterocycles. The van der Waals surface area contributed by atoms with Gasteiger partial charge in [0.25, 0.3) is 5.56 Å². The van der Waals surface area contributed by atoms with Crippen LogP contribution < -0.4 is 15.8 Å². The highest BCUT2D eigenvalue weighted by atomic mass is 16.1. The molecular formula is C17H26N6O. The predicted molar refractivity (Wildman–Crippen MR) is 94.2 cm³/mol. The molecule has 0 spiro atoms. The summed E-state index contributed by atoms with van der Waals surface area (Å²) in [4.78, 5) is 20.9. The first-order valence-electron chi connectivity index (χ1n) is 8.50. The van der Waals surface area contributed by atoms with Crippen molar-refractivity contribution in [3.63, 3.8) is 0 Å². The van der Waals surface area contributed by atoms with Gasteiger partial charge in [-0.1, -0.05) is 20.8 Å². The van der Waals surface area contributed by atoms with Gasteiger partial charge in [0.2, 0.25) is 0 Å². The van der Waals surface area contributed by atoms with Crippen LogP contribution in [0.3, 0.4) is 0 Å². The molecule has 1 aliphatic rings. The van der Waals surface area contributed by atoms with Gasteiger partial charge in [-0.05, 0) is 12.8 Å². The molecule has 0 bridgehead atoms. The normalized spacial score (nSPS) is 18.8. The molecule has 1 atom stereocenters. The number of nitrogens with one attached hydrogen (secondary N) is 3. The molecule has 1 aliphatic heterocycles. The zero-order valence-corrected chi connectivity index (χ0v) is 14.6. The van der Waals surface area contributed by atoms with E-state index in [0.717, 1.165) is 32.5 Å². The SMILES string of the molecule is CC(C)(C)c1[nH]ncc1CN[C@H]1CCCN(c2ncc[nH]c2=O)C1. The minimum Gasteiger partial charge on any atom is -0.350 e. The summed E-state index contributed by atoms with van der Waals surface area (Å²) in [5, 5.41) is 10.9. The van der Waals surface area contributed by atoms with Gasteiger partial charge in [0.1, 0.15) is 0 Å². The van der Waals surface area contributed by atoms with Crippen molar-refractivity contribution in [1.82, 2.24) is 25.5 Å². The van der Waals surface area contributed by atoms with Gasteiger partial charge < -0.3 is 15.2 Å². The van der Waals surface area contributed by atoms with E-state index in [1.807, 2.05) is 6.20 Å². The van der Waals surface area contributed by atoms with Crippen LogP contribution in [0.2, 0.25) is 0 Å². The van der Waals surface area contributed by atoms with Gasteiger partial charge in [0, 0.05) is 54.7 Å². The predicted octanol–water partition coefficient (Wildman–Crippen LogP) is 1.55. The first kappa shape index (κ1) is 16.7. The van der Waals surface area contributed by atoms with Crippen molar-refractivity contribution < 1.29 is 0 Å². The molecule has 0 aromatic carbocycles. The van der Waals surface area contributed by atoms with Crippen LogP contribution in [0.5, 0.6) is 0 Å². The van der Waals surface area contributed by atoms with Crippen molar-refractivity contribution in [2.45, 2.75) is 51.6 Å². The molecule has 0 aliphatic carbocycles. The van der Waals surface area contributed by atoms with E-state index in [9.17, 15) is 4.79 Å². The van der Waals surface area contributed by atoms with Crippen molar-refractivity contribution in [3.8, 4) is 0 Å². The number of hydrogen-bond donors (Lipinski definition) is 3. The second-order valence-corrected chi connectivity index (χ2v) is 7.43. The van der Waals surface area contributed by atoms with Crippen LogP contribution in [0.25, 0.3) is 0 Å². The summed E-state index contributed by atoms with van der Waals surface area (Å²) in [6, 6.07) is 0.336. The van der Waals surface area contributed by atoms with E-state index in [4.69, 9.17) is 0 Å². The number of piperidine rings is 1. The van der Waals surface area contributed by atoms with Crippen LogP contribution in [-0.2, 0) is 12.0 Å². The number of anilines is 1. The minimum atomic E-state index is -0.122. The number of hydrogen-bond acceptors (Lipinski definition) is 5. The molecule has 0 amide bonds. The molecule has 130 valence electrons. The summed E-state index contributed by atoms with van der Waals surface area (Å²) in [7, 11) is 0. The highest BCUT2D eigenvalue weighted by molar-refractivity contribution is 5.36. The van der Waals surface area contributed by atoms with Gasteiger partial charge in [0.15, 0.2) is 5.82 Å². The fraction of sp³-hybridized carbons (Fsp3) is 0.588. The van der Waals surface area contributed by atoms with Gasteiger partial charge in [0.05, 0.1) is 6.20 Å². The zero-order valence-electron chi connectivity index (χ0n) is 14.6. The molecule has 7 heteroatoms. The molecule has 24 heavy (non-hydrogen) atoms. The van der Waals surface area contributed by atoms with Crippen LogP contribution in [-0.4, -0.2) is 39.3 Å². The van der Waals surface area contributed by atoms with Crippen LogP contribution in [0.1, 0.15) is 44.9 Å². The van der Waals surface area contributed by atoms with Crippen molar-refractivity contribution >= 4 is 5.82 Å². The Balaban J connectivity index is 1.64. The average molecular weight is 330 g/mol. The lowest BCUT2D eigenvalue weighted by atomic mass is 9.89. The molecule has 0 saturated carbocycles. The lowest BCUT2D eigenvalue weighted by Gasteiger charge is -2.33. The van der Waals surface area contributed by atoms with E-state index in [1.165, 1.54) is 11.3 Å². The Bertz CT molecular complexity index is 729. The number of aromatic amines is 2.